The average molecular weight is 400 g/mol. The van der Waals surface area contributed by atoms with E-state index in [1.165, 1.54) is 0 Å². The molecule has 1 aromatic heterocycles. The van der Waals surface area contributed by atoms with E-state index in [2.05, 4.69) is 57.8 Å². The van der Waals surface area contributed by atoms with Crippen LogP contribution < -0.4 is 4.90 Å². The van der Waals surface area contributed by atoms with Gasteiger partial charge in [0.2, 0.25) is 5.91 Å². The smallest absolute Gasteiger partial charge is 0.229 e. The van der Waals surface area contributed by atoms with Crippen LogP contribution in [0.3, 0.4) is 0 Å². The number of hydrogen-bond donors (Lipinski definition) is 0. The predicted molar refractivity (Wildman–Crippen MR) is 67.1 cm³/mol. The molecule has 1 saturated heterocycles. The molecule has 0 N–H and O–H groups in total. The van der Waals surface area contributed by atoms with Crippen molar-refractivity contribution in [3.63, 3.8) is 0 Å². The second-order valence-corrected chi connectivity index (χ2v) is 5.97. The molecule has 1 aromatic rings. The normalized spacial score (nSPS) is 21.1. The second-order valence-electron chi connectivity index (χ2n) is 3.11. The number of amides is 1. The van der Waals surface area contributed by atoms with Crippen LogP contribution in [0.2, 0.25) is 0 Å². The molecule has 2 heterocycles. The molecule has 1 aliphatic rings. The topological polar surface area (TPSA) is 46.1 Å². The highest BCUT2D eigenvalue weighted by atomic mass is 79.9. The van der Waals surface area contributed by atoms with Gasteiger partial charge in [-0.3, -0.25) is 9.69 Å². The summed E-state index contributed by atoms with van der Waals surface area (Å²) in [6, 6.07) is 0. The number of alkyl halides is 1. The van der Waals surface area contributed by atoms with Gasteiger partial charge in [0, 0.05) is 17.8 Å². The fraction of sp³-hybridized carbons (Fsp3) is 0.375. The van der Waals surface area contributed by atoms with E-state index in [0.29, 0.717) is 28.0 Å². The number of carbonyl (C=O) groups excluding carboxylic acids is 1. The van der Waals surface area contributed by atoms with Crippen molar-refractivity contribution in [2.75, 3.05) is 11.4 Å². The molecular weight excluding hydrogens is 394 g/mol. The van der Waals surface area contributed by atoms with Gasteiger partial charge < -0.3 is 0 Å². The molecule has 80 valence electrons. The van der Waals surface area contributed by atoms with Crippen molar-refractivity contribution < 1.29 is 4.79 Å². The molecule has 0 radical (unpaired) electrons. The Morgan fingerprint density at radius 3 is 2.73 bits per heavy atom. The van der Waals surface area contributed by atoms with Gasteiger partial charge in [-0.25, -0.2) is 9.97 Å². The Balaban J connectivity index is 2.34. The number of halogens is 3. The van der Waals surface area contributed by atoms with Gasteiger partial charge in [0.15, 0.2) is 5.82 Å². The maximum absolute atomic E-state index is 11.6. The number of rotatable bonds is 1. The van der Waals surface area contributed by atoms with E-state index in [-0.39, 0.29) is 10.7 Å². The van der Waals surface area contributed by atoms with E-state index in [9.17, 15) is 4.79 Å². The standard InChI is InChI=1S/C8H6Br3N3O/c9-4-1-6(15)14(3-4)8-7(11)13-5(10)2-12-8/h2,4H,1,3H2. The quantitative estimate of drug-likeness (QED) is 0.682. The van der Waals surface area contributed by atoms with Crippen molar-refractivity contribution >= 4 is 59.5 Å². The van der Waals surface area contributed by atoms with Crippen LogP contribution in [-0.2, 0) is 4.79 Å². The van der Waals surface area contributed by atoms with Crippen LogP contribution in [0.15, 0.2) is 15.4 Å². The number of carbonyl (C=O) groups is 1. The van der Waals surface area contributed by atoms with E-state index in [1.54, 1.807) is 11.1 Å². The fourth-order valence-electron chi connectivity index (χ4n) is 1.39. The first-order valence-electron chi connectivity index (χ1n) is 4.20. The number of hydrogen-bond acceptors (Lipinski definition) is 3. The molecule has 4 nitrogen and oxygen atoms in total. The van der Waals surface area contributed by atoms with Crippen molar-refractivity contribution in [1.29, 1.82) is 0 Å². The van der Waals surface area contributed by atoms with Crippen LogP contribution in [0.1, 0.15) is 6.42 Å². The Morgan fingerprint density at radius 1 is 1.47 bits per heavy atom. The molecule has 0 spiro atoms. The molecule has 0 saturated carbocycles. The minimum atomic E-state index is 0.0641. The third-order valence-corrected chi connectivity index (χ3v) is 3.54. The second kappa shape index (κ2) is 4.47. The van der Waals surface area contributed by atoms with Gasteiger partial charge in [-0.05, 0) is 31.9 Å². The zero-order valence-corrected chi connectivity index (χ0v) is 12.2. The third-order valence-electron chi connectivity index (χ3n) is 2.02. The minimum Gasteiger partial charge on any atom is -0.293 e. The third kappa shape index (κ3) is 2.39. The van der Waals surface area contributed by atoms with Crippen LogP contribution in [0.25, 0.3) is 0 Å². The average Bonchev–Trinajstić information content (AvgIpc) is 2.45. The molecule has 15 heavy (non-hydrogen) atoms. The SMILES string of the molecule is O=C1CC(Br)CN1c1ncc(Br)nc1Br. The summed E-state index contributed by atoms with van der Waals surface area (Å²) in [5.74, 6) is 0.638. The number of aromatic nitrogens is 2. The maximum atomic E-state index is 11.6. The van der Waals surface area contributed by atoms with E-state index in [4.69, 9.17) is 0 Å². The Bertz CT molecular complexity index is 412. The summed E-state index contributed by atoms with van der Waals surface area (Å²) in [4.78, 5) is 21.8. The molecule has 1 atom stereocenters. The van der Waals surface area contributed by atoms with Crippen LogP contribution in [0.5, 0.6) is 0 Å². The maximum Gasteiger partial charge on any atom is 0.229 e. The number of nitrogens with zero attached hydrogens (tertiary/aromatic N) is 3. The van der Waals surface area contributed by atoms with Crippen LogP contribution in [0.4, 0.5) is 5.82 Å². The molecule has 1 amide bonds. The van der Waals surface area contributed by atoms with Crippen molar-refractivity contribution in [3.05, 3.63) is 15.4 Å². The van der Waals surface area contributed by atoms with E-state index in [1.807, 2.05) is 0 Å². The first-order valence-corrected chi connectivity index (χ1v) is 6.70. The van der Waals surface area contributed by atoms with Crippen LogP contribution >= 0.6 is 47.8 Å². The first-order chi connectivity index (χ1) is 7.08. The lowest BCUT2D eigenvalue weighted by molar-refractivity contribution is -0.117. The van der Waals surface area contributed by atoms with Gasteiger partial charge in [-0.2, -0.15) is 0 Å². The van der Waals surface area contributed by atoms with Gasteiger partial charge in [-0.1, -0.05) is 15.9 Å². The Labute approximate surface area is 112 Å². The predicted octanol–water partition coefficient (Wildman–Crippen LogP) is 2.50. The van der Waals surface area contributed by atoms with Crippen LogP contribution in [0, 0.1) is 0 Å². The van der Waals surface area contributed by atoms with Gasteiger partial charge >= 0.3 is 0 Å². The summed E-state index contributed by atoms with van der Waals surface area (Å²) in [7, 11) is 0. The molecule has 0 bridgehead atoms. The highest BCUT2D eigenvalue weighted by Gasteiger charge is 2.31. The van der Waals surface area contributed by atoms with Gasteiger partial charge in [0.1, 0.15) is 9.21 Å². The summed E-state index contributed by atoms with van der Waals surface area (Å²) >= 11 is 9.93. The number of anilines is 1. The Morgan fingerprint density at radius 2 is 2.20 bits per heavy atom. The highest BCUT2D eigenvalue weighted by molar-refractivity contribution is 9.11. The lowest BCUT2D eigenvalue weighted by Crippen LogP contribution is -2.26. The molecule has 0 aliphatic carbocycles. The Hall–Kier alpha value is -0.0100. The fourth-order valence-corrected chi connectivity index (χ4v) is 2.98. The van der Waals surface area contributed by atoms with Crippen LogP contribution in [-0.4, -0.2) is 27.2 Å². The summed E-state index contributed by atoms with van der Waals surface area (Å²) in [5.41, 5.74) is 0. The molecular formula is C8H6Br3N3O. The first kappa shape index (κ1) is 11.5. The van der Waals surface area contributed by atoms with Gasteiger partial charge in [-0.15, -0.1) is 0 Å². The lowest BCUT2D eigenvalue weighted by Gasteiger charge is -2.15. The highest BCUT2D eigenvalue weighted by Crippen LogP contribution is 2.29. The molecule has 7 heteroatoms. The molecule has 2 rings (SSSR count). The monoisotopic (exact) mass is 397 g/mol. The molecule has 1 aliphatic heterocycles. The van der Waals surface area contributed by atoms with Gasteiger partial charge in [0.05, 0.1) is 6.20 Å². The minimum absolute atomic E-state index is 0.0641. The zero-order chi connectivity index (χ0) is 11.0. The van der Waals surface area contributed by atoms with Crippen molar-refractivity contribution in [3.8, 4) is 0 Å². The molecule has 1 unspecified atom stereocenters. The van der Waals surface area contributed by atoms with E-state index in [0.717, 1.165) is 0 Å². The summed E-state index contributed by atoms with van der Waals surface area (Å²) in [6.45, 7) is 0.633. The summed E-state index contributed by atoms with van der Waals surface area (Å²) < 4.78 is 1.21. The molecule has 0 aromatic carbocycles. The summed E-state index contributed by atoms with van der Waals surface area (Å²) in [5, 5.41) is 0. The van der Waals surface area contributed by atoms with E-state index >= 15 is 0 Å². The Kier molecular flexibility index (Phi) is 3.42. The van der Waals surface area contributed by atoms with Crippen molar-refractivity contribution in [1.82, 2.24) is 9.97 Å². The van der Waals surface area contributed by atoms with Crippen molar-refractivity contribution in [2.24, 2.45) is 0 Å². The largest absolute Gasteiger partial charge is 0.293 e. The zero-order valence-electron chi connectivity index (χ0n) is 7.45. The summed E-state index contributed by atoms with van der Waals surface area (Å²) in [6.07, 6.45) is 2.08. The lowest BCUT2D eigenvalue weighted by atomic mass is 10.4. The molecule has 1 fully saturated rings. The van der Waals surface area contributed by atoms with Gasteiger partial charge in [0.25, 0.3) is 0 Å². The van der Waals surface area contributed by atoms with E-state index < -0.39 is 0 Å². The van der Waals surface area contributed by atoms with Crippen molar-refractivity contribution in [2.45, 2.75) is 11.2 Å².